The first-order valence-corrected chi connectivity index (χ1v) is 10.1. The monoisotopic (exact) mass is 375 g/mol. The average Bonchev–Trinajstić information content (AvgIpc) is 2.96. The Balaban J connectivity index is 1.71. The van der Waals surface area contributed by atoms with Crippen LogP contribution in [0.3, 0.4) is 0 Å². The zero-order valence-corrected chi connectivity index (χ0v) is 15.2. The highest BCUT2D eigenvalue weighted by Crippen LogP contribution is 2.23. The van der Waals surface area contributed by atoms with Gasteiger partial charge in [0.15, 0.2) is 5.78 Å². The average molecular weight is 375 g/mol. The smallest absolute Gasteiger partial charge is 0.255 e. The van der Waals surface area contributed by atoms with Gasteiger partial charge in [-0.15, -0.1) is 0 Å². The summed E-state index contributed by atoms with van der Waals surface area (Å²) in [6.07, 6.45) is 3.00. The molecule has 26 heavy (non-hydrogen) atoms. The molecule has 1 saturated heterocycles. The van der Waals surface area contributed by atoms with Crippen molar-refractivity contribution < 1.29 is 13.2 Å². The maximum atomic E-state index is 12.5. The van der Waals surface area contributed by atoms with E-state index >= 15 is 0 Å². The number of carbonyl (C=O) groups excluding carboxylic acids is 1. The molecule has 3 rings (SSSR count). The number of Topliss-reactive ketones (excluding diaryl/α,β-unsaturated/α-hetero) is 1. The lowest BCUT2D eigenvalue weighted by Gasteiger charge is -2.13. The highest BCUT2D eigenvalue weighted by molar-refractivity contribution is 7.88. The van der Waals surface area contributed by atoms with Crippen molar-refractivity contribution in [3.05, 3.63) is 64.6 Å². The lowest BCUT2D eigenvalue weighted by atomic mass is 9.95. The van der Waals surface area contributed by atoms with Gasteiger partial charge in [-0.25, -0.2) is 12.7 Å². The van der Waals surface area contributed by atoms with Gasteiger partial charge in [-0.3, -0.25) is 14.2 Å². The number of nitrogens with two attached hydrogens (primary N) is 1. The molecule has 2 atom stereocenters. The Morgan fingerprint density at radius 3 is 2.42 bits per heavy atom. The third-order valence-corrected chi connectivity index (χ3v) is 5.90. The summed E-state index contributed by atoms with van der Waals surface area (Å²) >= 11 is 0. The molecule has 0 amide bonds. The molecule has 0 bridgehead atoms. The molecular formula is C18H21N3O4S. The minimum Gasteiger partial charge on any atom is -0.326 e. The van der Waals surface area contributed by atoms with E-state index in [1.807, 2.05) is 0 Å². The van der Waals surface area contributed by atoms with Gasteiger partial charge in [-0.1, -0.05) is 6.07 Å². The summed E-state index contributed by atoms with van der Waals surface area (Å²) < 4.78 is 26.1. The topological polar surface area (TPSA) is 102 Å². The fourth-order valence-corrected chi connectivity index (χ4v) is 4.05. The first-order chi connectivity index (χ1) is 12.3. The van der Waals surface area contributed by atoms with Crippen molar-refractivity contribution in [2.45, 2.75) is 12.5 Å². The number of benzene rings is 1. The zero-order valence-electron chi connectivity index (χ0n) is 14.4. The van der Waals surface area contributed by atoms with E-state index in [0.29, 0.717) is 11.3 Å². The Morgan fingerprint density at radius 2 is 1.85 bits per heavy atom. The van der Waals surface area contributed by atoms with Crippen molar-refractivity contribution in [2.24, 2.45) is 11.7 Å². The van der Waals surface area contributed by atoms with E-state index in [4.69, 9.17) is 5.73 Å². The predicted octanol–water partition coefficient (Wildman–Crippen LogP) is 0.629. The van der Waals surface area contributed by atoms with Crippen LogP contribution in [-0.4, -0.2) is 48.5 Å². The minimum atomic E-state index is -3.30. The molecule has 1 aliphatic heterocycles. The highest BCUT2D eigenvalue weighted by atomic mass is 32.2. The molecule has 138 valence electrons. The third-order valence-electron chi connectivity index (χ3n) is 4.66. The molecule has 1 aliphatic rings. The second-order valence-electron chi connectivity index (χ2n) is 6.59. The van der Waals surface area contributed by atoms with Crippen LogP contribution in [0.2, 0.25) is 0 Å². The SMILES string of the molecule is CS(=O)(=O)N1CC(N)C(CC(=O)c2ccc(-n3ccccc3=O)cc2)C1. The number of nitrogens with zero attached hydrogens (tertiary/aromatic N) is 2. The van der Waals surface area contributed by atoms with Crippen LogP contribution in [0, 0.1) is 5.92 Å². The third kappa shape index (κ3) is 3.92. The van der Waals surface area contributed by atoms with Crippen molar-refractivity contribution in [3.8, 4) is 5.69 Å². The van der Waals surface area contributed by atoms with Crippen LogP contribution in [0.25, 0.3) is 5.69 Å². The Morgan fingerprint density at radius 1 is 1.15 bits per heavy atom. The number of carbonyl (C=O) groups is 1. The van der Waals surface area contributed by atoms with Crippen LogP contribution < -0.4 is 11.3 Å². The first kappa shape index (κ1) is 18.5. The molecule has 2 aromatic rings. The molecule has 0 saturated carbocycles. The number of ketones is 1. The molecule has 0 spiro atoms. The number of sulfonamides is 1. The Kier molecular flexibility index (Phi) is 5.08. The van der Waals surface area contributed by atoms with Gasteiger partial charge in [0, 0.05) is 49.1 Å². The van der Waals surface area contributed by atoms with E-state index in [1.54, 1.807) is 42.6 Å². The molecule has 1 fully saturated rings. The van der Waals surface area contributed by atoms with Gasteiger partial charge >= 0.3 is 0 Å². The molecule has 1 aromatic heterocycles. The summed E-state index contributed by atoms with van der Waals surface area (Å²) in [6, 6.07) is 11.3. The van der Waals surface area contributed by atoms with E-state index < -0.39 is 10.0 Å². The number of hydrogen-bond acceptors (Lipinski definition) is 5. The Bertz CT molecular complexity index is 966. The molecule has 2 heterocycles. The van der Waals surface area contributed by atoms with Crippen LogP contribution >= 0.6 is 0 Å². The van der Waals surface area contributed by atoms with Crippen LogP contribution in [0.5, 0.6) is 0 Å². The molecular weight excluding hydrogens is 354 g/mol. The van der Waals surface area contributed by atoms with Gasteiger partial charge in [0.25, 0.3) is 5.56 Å². The fourth-order valence-electron chi connectivity index (χ4n) is 3.15. The van der Waals surface area contributed by atoms with E-state index in [-0.39, 0.29) is 42.8 Å². The van der Waals surface area contributed by atoms with Crippen molar-refractivity contribution in [1.82, 2.24) is 8.87 Å². The molecule has 8 heteroatoms. The molecule has 2 unspecified atom stereocenters. The molecule has 1 aromatic carbocycles. The fraction of sp³-hybridized carbons (Fsp3) is 0.333. The summed E-state index contributed by atoms with van der Waals surface area (Å²) in [5.74, 6) is -0.290. The summed E-state index contributed by atoms with van der Waals surface area (Å²) in [5, 5.41) is 0. The van der Waals surface area contributed by atoms with Crippen molar-refractivity contribution in [1.29, 1.82) is 0 Å². The predicted molar refractivity (Wildman–Crippen MR) is 98.9 cm³/mol. The summed E-state index contributed by atoms with van der Waals surface area (Å²) in [7, 11) is -3.30. The quantitative estimate of drug-likeness (QED) is 0.772. The van der Waals surface area contributed by atoms with E-state index in [1.165, 1.54) is 14.9 Å². The molecule has 0 radical (unpaired) electrons. The van der Waals surface area contributed by atoms with E-state index in [9.17, 15) is 18.0 Å². The van der Waals surface area contributed by atoms with Crippen LogP contribution in [0.4, 0.5) is 0 Å². The number of pyridine rings is 1. The van der Waals surface area contributed by atoms with Gasteiger partial charge in [0.2, 0.25) is 10.0 Å². The summed E-state index contributed by atoms with van der Waals surface area (Å²) in [4.78, 5) is 24.4. The Hall–Kier alpha value is -2.29. The number of rotatable bonds is 5. The van der Waals surface area contributed by atoms with E-state index in [0.717, 1.165) is 6.26 Å². The van der Waals surface area contributed by atoms with E-state index in [2.05, 4.69) is 0 Å². The summed E-state index contributed by atoms with van der Waals surface area (Å²) in [6.45, 7) is 0.510. The van der Waals surface area contributed by atoms with Crippen molar-refractivity contribution in [3.63, 3.8) is 0 Å². The minimum absolute atomic E-state index is 0.0900. The Labute approximate surface area is 152 Å². The normalized spacial score (nSPS) is 21.0. The van der Waals surface area contributed by atoms with Gasteiger partial charge in [-0.05, 0) is 36.2 Å². The summed E-state index contributed by atoms with van der Waals surface area (Å²) in [5.41, 5.74) is 7.05. The maximum Gasteiger partial charge on any atom is 0.255 e. The lowest BCUT2D eigenvalue weighted by molar-refractivity contribution is 0.0960. The first-order valence-electron chi connectivity index (χ1n) is 8.28. The van der Waals surface area contributed by atoms with Gasteiger partial charge in [0.1, 0.15) is 0 Å². The molecule has 0 aliphatic carbocycles. The highest BCUT2D eigenvalue weighted by Gasteiger charge is 2.35. The second-order valence-corrected chi connectivity index (χ2v) is 8.57. The number of hydrogen-bond donors (Lipinski definition) is 1. The largest absolute Gasteiger partial charge is 0.326 e. The van der Waals surface area contributed by atoms with Crippen LogP contribution in [-0.2, 0) is 10.0 Å². The van der Waals surface area contributed by atoms with Gasteiger partial charge in [0.05, 0.1) is 6.26 Å². The maximum absolute atomic E-state index is 12.5. The standard InChI is InChI=1S/C18H21N3O4S/c1-26(24,25)20-11-14(16(19)12-20)10-17(22)13-5-7-15(8-6-13)21-9-3-2-4-18(21)23/h2-9,14,16H,10-12,19H2,1H3. The van der Waals surface area contributed by atoms with Gasteiger partial charge in [-0.2, -0.15) is 0 Å². The lowest BCUT2D eigenvalue weighted by Crippen LogP contribution is -2.32. The number of aromatic nitrogens is 1. The van der Waals surface area contributed by atoms with Crippen molar-refractivity contribution >= 4 is 15.8 Å². The van der Waals surface area contributed by atoms with Gasteiger partial charge < -0.3 is 5.73 Å². The second kappa shape index (κ2) is 7.14. The zero-order chi connectivity index (χ0) is 18.9. The van der Waals surface area contributed by atoms with Crippen LogP contribution in [0.15, 0.2) is 53.5 Å². The molecule has 7 nitrogen and oxygen atoms in total. The molecule has 2 N–H and O–H groups in total. The van der Waals surface area contributed by atoms with Crippen LogP contribution in [0.1, 0.15) is 16.8 Å². The van der Waals surface area contributed by atoms with Crippen molar-refractivity contribution in [2.75, 3.05) is 19.3 Å².